The van der Waals surface area contributed by atoms with Gasteiger partial charge in [0.05, 0.1) is 40.7 Å². The SMILES string of the molecule is COC(=O)Cc1c(C(=O)OC)n(Cc2ccc(Cl)c(Cl)c2)c2ccccc12.ClCc1ccc(Cl)c(Cl)c1. The molecule has 0 amide bonds. The molecule has 0 aliphatic heterocycles. The van der Waals surface area contributed by atoms with Gasteiger partial charge in [-0.15, -0.1) is 11.6 Å². The molecule has 37 heavy (non-hydrogen) atoms. The minimum absolute atomic E-state index is 0.0319. The van der Waals surface area contributed by atoms with Gasteiger partial charge in [-0.1, -0.05) is 76.7 Å². The molecule has 0 atom stereocenters. The van der Waals surface area contributed by atoms with Crippen LogP contribution in [0.25, 0.3) is 10.9 Å². The molecule has 0 N–H and O–H groups in total. The molecule has 194 valence electrons. The van der Waals surface area contributed by atoms with E-state index in [9.17, 15) is 9.59 Å². The third kappa shape index (κ3) is 7.13. The highest BCUT2D eigenvalue weighted by Crippen LogP contribution is 2.30. The molecule has 1 aromatic heterocycles. The van der Waals surface area contributed by atoms with Crippen molar-refractivity contribution in [1.29, 1.82) is 0 Å². The fourth-order valence-corrected chi connectivity index (χ4v) is 4.52. The number of halogens is 5. The fourth-order valence-electron chi connectivity index (χ4n) is 3.71. The smallest absolute Gasteiger partial charge is 0.355 e. The number of hydrogen-bond donors (Lipinski definition) is 0. The van der Waals surface area contributed by atoms with E-state index in [2.05, 4.69) is 0 Å². The number of hydrogen-bond acceptors (Lipinski definition) is 4. The highest BCUT2D eigenvalue weighted by molar-refractivity contribution is 6.42. The van der Waals surface area contributed by atoms with Crippen molar-refractivity contribution in [2.45, 2.75) is 18.8 Å². The van der Waals surface area contributed by atoms with Gasteiger partial charge in [0.25, 0.3) is 0 Å². The highest BCUT2D eigenvalue weighted by Gasteiger charge is 2.25. The lowest BCUT2D eigenvalue weighted by Crippen LogP contribution is -2.15. The van der Waals surface area contributed by atoms with Crippen LogP contribution in [0, 0.1) is 0 Å². The van der Waals surface area contributed by atoms with Crippen LogP contribution in [0.2, 0.25) is 20.1 Å². The summed E-state index contributed by atoms with van der Waals surface area (Å²) < 4.78 is 11.6. The number of para-hydroxylation sites is 1. The Balaban J connectivity index is 0.000000319. The van der Waals surface area contributed by atoms with Crippen molar-refractivity contribution in [2.24, 2.45) is 0 Å². The molecular weight excluding hydrogens is 580 g/mol. The Labute approximate surface area is 239 Å². The number of methoxy groups -OCH3 is 2. The van der Waals surface area contributed by atoms with Crippen LogP contribution in [0.1, 0.15) is 27.2 Å². The summed E-state index contributed by atoms with van der Waals surface area (Å²) in [5, 5.41) is 2.80. The van der Waals surface area contributed by atoms with Crippen LogP contribution in [0.5, 0.6) is 0 Å². The first-order chi connectivity index (χ1) is 17.7. The van der Waals surface area contributed by atoms with Crippen LogP contribution in [-0.2, 0) is 33.1 Å². The van der Waals surface area contributed by atoms with E-state index in [1.165, 1.54) is 14.2 Å². The van der Waals surface area contributed by atoms with E-state index in [4.69, 9.17) is 67.5 Å². The zero-order chi connectivity index (χ0) is 27.1. The fraction of sp³-hybridized carbons (Fsp3) is 0.185. The van der Waals surface area contributed by atoms with E-state index in [0.717, 1.165) is 22.0 Å². The van der Waals surface area contributed by atoms with Crippen LogP contribution in [0.4, 0.5) is 0 Å². The van der Waals surface area contributed by atoms with E-state index < -0.39 is 11.9 Å². The average Bonchev–Trinajstić information content (AvgIpc) is 3.20. The van der Waals surface area contributed by atoms with Gasteiger partial charge in [0, 0.05) is 28.9 Å². The minimum Gasteiger partial charge on any atom is -0.469 e. The molecule has 0 saturated heterocycles. The second-order valence-corrected chi connectivity index (χ2v) is 9.70. The van der Waals surface area contributed by atoms with Gasteiger partial charge in [-0.3, -0.25) is 4.79 Å². The van der Waals surface area contributed by atoms with E-state index in [-0.39, 0.29) is 6.42 Å². The first kappa shape index (κ1) is 29.2. The molecule has 0 unspecified atom stereocenters. The number of nitrogens with zero attached hydrogens (tertiary/aromatic N) is 1. The second-order valence-electron chi connectivity index (χ2n) is 7.81. The maximum Gasteiger partial charge on any atom is 0.355 e. The summed E-state index contributed by atoms with van der Waals surface area (Å²) in [5.41, 5.74) is 3.54. The number of rotatable bonds is 6. The maximum atomic E-state index is 12.6. The van der Waals surface area contributed by atoms with E-state index >= 15 is 0 Å². The lowest BCUT2D eigenvalue weighted by molar-refractivity contribution is -0.139. The predicted octanol–water partition coefficient (Wildman–Crippen LogP) is 8.23. The number of fused-ring (bicyclic) bond motifs is 1. The molecule has 0 fully saturated rings. The van der Waals surface area contributed by atoms with Crippen LogP contribution >= 0.6 is 58.0 Å². The van der Waals surface area contributed by atoms with Gasteiger partial charge < -0.3 is 14.0 Å². The third-order valence-electron chi connectivity index (χ3n) is 5.47. The molecule has 0 spiro atoms. The molecule has 0 bridgehead atoms. The molecule has 0 aliphatic rings. The standard InChI is InChI=1S/C20H17Cl2NO4.C7H5Cl3/c1-26-18(24)10-14-13-5-3-4-6-17(13)23(19(14)20(25)27-2)11-12-7-8-15(21)16(22)9-12;8-4-5-1-2-6(9)7(10)3-5/h3-9H,10-11H2,1-2H3;1-3H,4H2. The van der Waals surface area contributed by atoms with Crippen molar-refractivity contribution in [1.82, 2.24) is 4.57 Å². The minimum atomic E-state index is -0.523. The van der Waals surface area contributed by atoms with Gasteiger partial charge in [-0.2, -0.15) is 0 Å². The summed E-state index contributed by atoms with van der Waals surface area (Å²) in [6.45, 7) is 0.364. The Morgan fingerprint density at radius 1 is 0.784 bits per heavy atom. The number of esters is 2. The largest absolute Gasteiger partial charge is 0.469 e. The highest BCUT2D eigenvalue weighted by atomic mass is 35.5. The Bertz CT molecular complexity index is 1430. The molecule has 5 nitrogen and oxygen atoms in total. The molecule has 4 aromatic rings. The summed E-state index contributed by atoms with van der Waals surface area (Å²) in [4.78, 5) is 24.5. The first-order valence-electron chi connectivity index (χ1n) is 10.9. The summed E-state index contributed by atoms with van der Waals surface area (Å²) in [6.07, 6.45) is -0.0319. The van der Waals surface area contributed by atoms with E-state index in [0.29, 0.717) is 43.8 Å². The maximum absolute atomic E-state index is 12.6. The predicted molar refractivity (Wildman–Crippen MR) is 151 cm³/mol. The van der Waals surface area contributed by atoms with Crippen molar-refractivity contribution in [2.75, 3.05) is 14.2 Å². The summed E-state index contributed by atoms with van der Waals surface area (Å²) in [7, 11) is 2.63. The molecule has 0 saturated carbocycles. The van der Waals surface area contributed by atoms with Gasteiger partial charge in [0.1, 0.15) is 5.69 Å². The van der Waals surface area contributed by atoms with Crippen LogP contribution < -0.4 is 0 Å². The van der Waals surface area contributed by atoms with E-state index in [1.807, 2.05) is 41.0 Å². The number of alkyl halides is 1. The number of carbonyl (C=O) groups is 2. The average molecular weight is 602 g/mol. The molecular formula is C27H22Cl5NO4. The molecule has 1 heterocycles. The lowest BCUT2D eigenvalue weighted by Gasteiger charge is -2.11. The second kappa shape index (κ2) is 13.4. The molecule has 0 radical (unpaired) electrons. The molecule has 0 aliphatic carbocycles. The van der Waals surface area contributed by atoms with Gasteiger partial charge in [0.2, 0.25) is 0 Å². The van der Waals surface area contributed by atoms with Gasteiger partial charge in [-0.05, 0) is 41.5 Å². The zero-order valence-electron chi connectivity index (χ0n) is 19.9. The van der Waals surface area contributed by atoms with Gasteiger partial charge in [-0.25, -0.2) is 4.79 Å². The van der Waals surface area contributed by atoms with Crippen molar-refractivity contribution in [3.05, 3.63) is 103 Å². The normalized spacial score (nSPS) is 10.6. The Hall–Kier alpha value is -2.41. The quantitative estimate of drug-likeness (QED) is 0.165. The van der Waals surface area contributed by atoms with Crippen molar-refractivity contribution >= 4 is 80.8 Å². The monoisotopic (exact) mass is 599 g/mol. The van der Waals surface area contributed by atoms with Crippen molar-refractivity contribution in [3.8, 4) is 0 Å². The third-order valence-corrected chi connectivity index (χ3v) is 7.25. The number of aromatic nitrogens is 1. The summed E-state index contributed by atoms with van der Waals surface area (Å²) >= 11 is 29.0. The van der Waals surface area contributed by atoms with Crippen molar-refractivity contribution < 1.29 is 19.1 Å². The summed E-state index contributed by atoms with van der Waals surface area (Å²) in [5.74, 6) is -0.487. The van der Waals surface area contributed by atoms with Crippen LogP contribution in [0.3, 0.4) is 0 Å². The van der Waals surface area contributed by atoms with Gasteiger partial charge in [0.15, 0.2) is 0 Å². The lowest BCUT2D eigenvalue weighted by atomic mass is 10.1. The molecule has 10 heteroatoms. The number of benzene rings is 3. The summed E-state index contributed by atoms with van der Waals surface area (Å²) in [6, 6.07) is 18.1. The Morgan fingerprint density at radius 2 is 1.38 bits per heavy atom. The number of carbonyl (C=O) groups excluding carboxylic acids is 2. The van der Waals surface area contributed by atoms with Gasteiger partial charge >= 0.3 is 11.9 Å². The molecule has 3 aromatic carbocycles. The van der Waals surface area contributed by atoms with E-state index in [1.54, 1.807) is 24.3 Å². The molecule has 4 rings (SSSR count). The van der Waals surface area contributed by atoms with Crippen molar-refractivity contribution in [3.63, 3.8) is 0 Å². The Morgan fingerprint density at radius 3 is 1.95 bits per heavy atom. The Kier molecular flexibility index (Phi) is 10.6. The number of ether oxygens (including phenoxy) is 2. The van der Waals surface area contributed by atoms with Crippen LogP contribution in [-0.4, -0.2) is 30.7 Å². The van der Waals surface area contributed by atoms with Crippen LogP contribution in [0.15, 0.2) is 60.7 Å². The topological polar surface area (TPSA) is 57.5 Å². The zero-order valence-corrected chi connectivity index (χ0v) is 23.6. The first-order valence-corrected chi connectivity index (χ1v) is 12.9.